The van der Waals surface area contributed by atoms with Crippen LogP contribution in [0.1, 0.15) is 25.3 Å². The van der Waals surface area contributed by atoms with Crippen molar-refractivity contribution in [2.24, 2.45) is 5.92 Å². The average molecular weight is 276 g/mol. The van der Waals surface area contributed by atoms with Gasteiger partial charge in [0.1, 0.15) is 12.3 Å². The molecular formula is C15H20N2O3. The van der Waals surface area contributed by atoms with Crippen LogP contribution in [0.4, 0.5) is 5.69 Å². The minimum absolute atomic E-state index is 0.0465. The molecule has 0 aliphatic carbocycles. The summed E-state index contributed by atoms with van der Waals surface area (Å²) in [5.74, 6) is 0.789. The van der Waals surface area contributed by atoms with Gasteiger partial charge in [-0.2, -0.15) is 0 Å². The molecule has 20 heavy (non-hydrogen) atoms. The maximum absolute atomic E-state index is 12.8. The molecule has 1 aromatic rings. The highest BCUT2D eigenvalue weighted by molar-refractivity contribution is 5.96. The van der Waals surface area contributed by atoms with Gasteiger partial charge < -0.3 is 14.4 Å². The second kappa shape index (κ2) is 5.40. The van der Waals surface area contributed by atoms with Gasteiger partial charge in [-0.05, 0) is 38.3 Å². The topological polar surface area (TPSA) is 51.7 Å². The van der Waals surface area contributed by atoms with E-state index in [2.05, 4.69) is 4.98 Å². The molecule has 1 aromatic heterocycles. The van der Waals surface area contributed by atoms with Gasteiger partial charge in [0.15, 0.2) is 0 Å². The van der Waals surface area contributed by atoms with Gasteiger partial charge in [0.05, 0.1) is 12.6 Å². The van der Waals surface area contributed by atoms with Crippen molar-refractivity contribution in [2.75, 3.05) is 24.7 Å². The molecule has 0 unspecified atom stereocenters. The number of carbonyl (C=O) groups is 1. The predicted molar refractivity (Wildman–Crippen MR) is 75.0 cm³/mol. The third-order valence-electron chi connectivity index (χ3n) is 3.91. The zero-order valence-corrected chi connectivity index (χ0v) is 12.0. The molecule has 3 rings (SSSR count). The summed E-state index contributed by atoms with van der Waals surface area (Å²) in [6.07, 6.45) is 3.53. The number of rotatable bonds is 1. The maximum atomic E-state index is 12.8. The molecule has 0 aromatic carbocycles. The number of anilines is 1. The second-order valence-corrected chi connectivity index (χ2v) is 5.58. The van der Waals surface area contributed by atoms with E-state index in [9.17, 15) is 4.79 Å². The van der Waals surface area contributed by atoms with Crippen molar-refractivity contribution in [2.45, 2.75) is 32.8 Å². The van der Waals surface area contributed by atoms with Gasteiger partial charge in [0.2, 0.25) is 11.8 Å². The molecule has 0 saturated carbocycles. The predicted octanol–water partition coefficient (Wildman–Crippen LogP) is 1.93. The van der Waals surface area contributed by atoms with Crippen LogP contribution in [0.15, 0.2) is 12.3 Å². The minimum atomic E-state index is 0.0465. The molecule has 2 atom stereocenters. The van der Waals surface area contributed by atoms with E-state index in [1.165, 1.54) is 0 Å². The standard InChI is InChI=1S/C15H20N2O3/c1-10-7-13-14(16-9-10)20-6-4-17(13)15(18)12-3-5-19-11(2)8-12/h7,9,11-12H,3-6,8H2,1-2H3/t11-,12-/m0/s1. The second-order valence-electron chi connectivity index (χ2n) is 5.58. The average Bonchev–Trinajstić information content (AvgIpc) is 2.46. The summed E-state index contributed by atoms with van der Waals surface area (Å²) in [5, 5.41) is 0. The lowest BCUT2D eigenvalue weighted by molar-refractivity contribution is -0.127. The first-order valence-corrected chi connectivity index (χ1v) is 7.17. The van der Waals surface area contributed by atoms with Crippen LogP contribution in [0.2, 0.25) is 0 Å². The fourth-order valence-electron chi connectivity index (χ4n) is 2.87. The van der Waals surface area contributed by atoms with E-state index >= 15 is 0 Å². The Morgan fingerprint density at radius 1 is 1.45 bits per heavy atom. The third kappa shape index (κ3) is 2.50. The summed E-state index contributed by atoms with van der Waals surface area (Å²) in [5.41, 5.74) is 1.84. The number of fused-ring (bicyclic) bond motifs is 1. The van der Waals surface area contributed by atoms with Gasteiger partial charge in [-0.3, -0.25) is 4.79 Å². The van der Waals surface area contributed by atoms with Crippen molar-refractivity contribution < 1.29 is 14.3 Å². The molecule has 1 amide bonds. The lowest BCUT2D eigenvalue weighted by Gasteiger charge is -2.34. The summed E-state index contributed by atoms with van der Waals surface area (Å²) >= 11 is 0. The van der Waals surface area contributed by atoms with Gasteiger partial charge >= 0.3 is 0 Å². The first-order valence-electron chi connectivity index (χ1n) is 7.17. The monoisotopic (exact) mass is 276 g/mol. The van der Waals surface area contributed by atoms with Gasteiger partial charge in [-0.15, -0.1) is 0 Å². The normalized spacial score (nSPS) is 25.8. The highest BCUT2D eigenvalue weighted by atomic mass is 16.5. The number of aromatic nitrogens is 1. The SMILES string of the molecule is Cc1cnc2c(c1)N(C(=O)[C@H]1CCO[C@@H](C)C1)CCO2. The van der Waals surface area contributed by atoms with Crippen molar-refractivity contribution in [3.63, 3.8) is 0 Å². The van der Waals surface area contributed by atoms with E-state index in [-0.39, 0.29) is 17.9 Å². The lowest BCUT2D eigenvalue weighted by atomic mass is 9.94. The van der Waals surface area contributed by atoms with E-state index in [4.69, 9.17) is 9.47 Å². The van der Waals surface area contributed by atoms with Crippen LogP contribution < -0.4 is 9.64 Å². The number of hydrogen-bond donors (Lipinski definition) is 0. The molecule has 1 saturated heterocycles. The molecule has 0 spiro atoms. The van der Waals surface area contributed by atoms with Crippen LogP contribution in [0.3, 0.4) is 0 Å². The number of aryl methyl sites for hydroxylation is 1. The zero-order valence-electron chi connectivity index (χ0n) is 12.0. The Kier molecular flexibility index (Phi) is 3.61. The number of carbonyl (C=O) groups excluding carboxylic acids is 1. The van der Waals surface area contributed by atoms with Crippen molar-refractivity contribution in [3.8, 4) is 5.88 Å². The molecule has 0 N–H and O–H groups in total. The number of ether oxygens (including phenoxy) is 2. The van der Waals surface area contributed by atoms with Gasteiger partial charge in [0, 0.05) is 18.7 Å². The Balaban J connectivity index is 1.84. The van der Waals surface area contributed by atoms with Crippen molar-refractivity contribution in [1.82, 2.24) is 4.98 Å². The van der Waals surface area contributed by atoms with E-state index in [1.54, 1.807) is 6.20 Å². The van der Waals surface area contributed by atoms with E-state index in [0.717, 1.165) is 24.1 Å². The van der Waals surface area contributed by atoms with Crippen LogP contribution in [-0.4, -0.2) is 36.8 Å². The molecule has 108 valence electrons. The molecule has 0 radical (unpaired) electrons. The van der Waals surface area contributed by atoms with Crippen molar-refractivity contribution >= 4 is 11.6 Å². The van der Waals surface area contributed by atoms with Crippen molar-refractivity contribution in [1.29, 1.82) is 0 Å². The number of hydrogen-bond acceptors (Lipinski definition) is 4. The molecule has 5 heteroatoms. The highest BCUT2D eigenvalue weighted by Crippen LogP contribution is 2.33. The van der Waals surface area contributed by atoms with E-state index in [1.807, 2.05) is 24.8 Å². The van der Waals surface area contributed by atoms with Gasteiger partial charge in [-0.25, -0.2) is 4.98 Å². The molecule has 2 aliphatic rings. The van der Waals surface area contributed by atoms with Crippen LogP contribution in [0.25, 0.3) is 0 Å². The minimum Gasteiger partial charge on any atom is -0.474 e. The summed E-state index contributed by atoms with van der Waals surface area (Å²) in [7, 11) is 0. The molecule has 3 heterocycles. The Morgan fingerprint density at radius 3 is 3.10 bits per heavy atom. The zero-order chi connectivity index (χ0) is 14.1. The molecule has 5 nitrogen and oxygen atoms in total. The van der Waals surface area contributed by atoms with Gasteiger partial charge in [-0.1, -0.05) is 0 Å². The summed E-state index contributed by atoms with van der Waals surface area (Å²) < 4.78 is 11.1. The Morgan fingerprint density at radius 2 is 2.30 bits per heavy atom. The Labute approximate surface area is 118 Å². The first-order chi connectivity index (χ1) is 9.65. The Bertz CT molecular complexity index is 518. The molecule has 1 fully saturated rings. The number of nitrogens with zero attached hydrogens (tertiary/aromatic N) is 2. The van der Waals surface area contributed by atoms with Crippen LogP contribution in [0, 0.1) is 12.8 Å². The summed E-state index contributed by atoms with van der Waals surface area (Å²) in [4.78, 5) is 18.9. The smallest absolute Gasteiger partial charge is 0.238 e. The maximum Gasteiger partial charge on any atom is 0.238 e. The number of pyridine rings is 1. The van der Waals surface area contributed by atoms with Crippen LogP contribution in [-0.2, 0) is 9.53 Å². The largest absolute Gasteiger partial charge is 0.474 e. The highest BCUT2D eigenvalue weighted by Gasteiger charge is 2.33. The van der Waals surface area contributed by atoms with E-state index < -0.39 is 0 Å². The molecular weight excluding hydrogens is 256 g/mol. The van der Waals surface area contributed by atoms with Crippen LogP contribution in [0.5, 0.6) is 5.88 Å². The van der Waals surface area contributed by atoms with E-state index in [0.29, 0.717) is 25.6 Å². The number of amides is 1. The van der Waals surface area contributed by atoms with Crippen LogP contribution >= 0.6 is 0 Å². The molecule has 0 bridgehead atoms. The third-order valence-corrected chi connectivity index (χ3v) is 3.91. The Hall–Kier alpha value is -1.62. The fraction of sp³-hybridized carbons (Fsp3) is 0.600. The lowest BCUT2D eigenvalue weighted by Crippen LogP contribution is -2.44. The summed E-state index contributed by atoms with van der Waals surface area (Å²) in [6.45, 7) is 5.77. The molecule has 2 aliphatic heterocycles. The fourth-order valence-corrected chi connectivity index (χ4v) is 2.87. The van der Waals surface area contributed by atoms with Gasteiger partial charge in [0.25, 0.3) is 0 Å². The van der Waals surface area contributed by atoms with Crippen molar-refractivity contribution in [3.05, 3.63) is 17.8 Å². The first kappa shape index (κ1) is 13.4. The quantitative estimate of drug-likeness (QED) is 0.786. The summed E-state index contributed by atoms with van der Waals surface area (Å²) in [6, 6.07) is 1.97.